The highest BCUT2D eigenvalue weighted by molar-refractivity contribution is 5.79. The highest BCUT2D eigenvalue weighted by Crippen LogP contribution is 2.30. The standard InChI is InChI=1S/C12H10F3NO/c1-16-6-2-3-9-4-5-11(12(13,14)15)7-10(9)8-17/h4-5,7-8,16H,6H2,1H3. The Bertz CT molecular complexity index is 469. The molecular formula is C12H10F3NO. The molecule has 1 N–H and O–H groups in total. The average molecular weight is 241 g/mol. The van der Waals surface area contributed by atoms with Crippen LogP contribution in [0.3, 0.4) is 0 Å². The lowest BCUT2D eigenvalue weighted by atomic mass is 10.0. The Kier molecular flexibility index (Phi) is 4.30. The second-order valence-electron chi connectivity index (χ2n) is 3.25. The van der Waals surface area contributed by atoms with Gasteiger partial charge in [0.1, 0.15) is 0 Å². The summed E-state index contributed by atoms with van der Waals surface area (Å²) < 4.78 is 37.1. The molecular weight excluding hydrogens is 231 g/mol. The van der Waals surface area contributed by atoms with Crippen LogP contribution in [-0.2, 0) is 6.18 Å². The summed E-state index contributed by atoms with van der Waals surface area (Å²) in [4.78, 5) is 10.7. The van der Waals surface area contributed by atoms with Gasteiger partial charge in [-0.3, -0.25) is 4.79 Å². The van der Waals surface area contributed by atoms with E-state index < -0.39 is 11.7 Å². The zero-order valence-electron chi connectivity index (χ0n) is 9.06. The van der Waals surface area contributed by atoms with Gasteiger partial charge in [0.25, 0.3) is 0 Å². The maximum absolute atomic E-state index is 12.4. The van der Waals surface area contributed by atoms with Crippen molar-refractivity contribution in [2.24, 2.45) is 0 Å². The number of rotatable bonds is 2. The predicted molar refractivity (Wildman–Crippen MR) is 57.6 cm³/mol. The second-order valence-corrected chi connectivity index (χ2v) is 3.25. The summed E-state index contributed by atoms with van der Waals surface area (Å²) in [5, 5.41) is 2.77. The van der Waals surface area contributed by atoms with Crippen molar-refractivity contribution >= 4 is 6.29 Å². The molecule has 0 aliphatic rings. The molecule has 0 unspecified atom stereocenters. The quantitative estimate of drug-likeness (QED) is 0.634. The van der Waals surface area contributed by atoms with Crippen molar-refractivity contribution in [1.29, 1.82) is 0 Å². The van der Waals surface area contributed by atoms with Crippen molar-refractivity contribution < 1.29 is 18.0 Å². The van der Waals surface area contributed by atoms with E-state index >= 15 is 0 Å². The van der Waals surface area contributed by atoms with Gasteiger partial charge in [-0.15, -0.1) is 0 Å². The average Bonchev–Trinajstić information content (AvgIpc) is 2.28. The minimum atomic E-state index is -4.45. The van der Waals surface area contributed by atoms with Crippen LogP contribution >= 0.6 is 0 Å². The third-order valence-corrected chi connectivity index (χ3v) is 1.99. The number of hydrogen-bond donors (Lipinski definition) is 1. The number of nitrogens with one attached hydrogen (secondary N) is 1. The van der Waals surface area contributed by atoms with E-state index in [-0.39, 0.29) is 5.56 Å². The van der Waals surface area contributed by atoms with E-state index in [1.807, 2.05) is 0 Å². The van der Waals surface area contributed by atoms with Crippen molar-refractivity contribution in [3.63, 3.8) is 0 Å². The second kappa shape index (κ2) is 5.51. The number of carbonyl (C=O) groups excluding carboxylic acids is 1. The Labute approximate surface area is 96.8 Å². The molecule has 0 aliphatic carbocycles. The molecule has 0 aromatic heterocycles. The molecule has 5 heteroatoms. The summed E-state index contributed by atoms with van der Waals surface area (Å²) in [6, 6.07) is 2.92. The van der Waals surface area contributed by atoms with E-state index in [9.17, 15) is 18.0 Å². The van der Waals surface area contributed by atoms with Crippen LogP contribution < -0.4 is 5.32 Å². The number of hydrogen-bond acceptors (Lipinski definition) is 2. The predicted octanol–water partition coefficient (Wildman–Crippen LogP) is 2.09. The van der Waals surface area contributed by atoms with Crippen molar-refractivity contribution in [3.8, 4) is 11.8 Å². The highest BCUT2D eigenvalue weighted by atomic mass is 19.4. The molecule has 1 aromatic carbocycles. The van der Waals surface area contributed by atoms with E-state index in [0.717, 1.165) is 12.1 Å². The van der Waals surface area contributed by atoms with Gasteiger partial charge in [-0.1, -0.05) is 11.8 Å². The van der Waals surface area contributed by atoms with Crippen LogP contribution in [0.4, 0.5) is 13.2 Å². The van der Waals surface area contributed by atoms with Gasteiger partial charge in [-0.05, 0) is 25.2 Å². The fourth-order valence-corrected chi connectivity index (χ4v) is 1.18. The minimum Gasteiger partial charge on any atom is -0.309 e. The van der Waals surface area contributed by atoms with Crippen LogP contribution in [0.15, 0.2) is 18.2 Å². The summed E-state index contributed by atoms with van der Waals surface area (Å²) >= 11 is 0. The van der Waals surface area contributed by atoms with Gasteiger partial charge in [-0.2, -0.15) is 13.2 Å². The molecule has 0 atom stereocenters. The fourth-order valence-electron chi connectivity index (χ4n) is 1.18. The SMILES string of the molecule is CNCC#Cc1ccc(C(F)(F)F)cc1C=O. The lowest BCUT2D eigenvalue weighted by molar-refractivity contribution is -0.137. The van der Waals surface area contributed by atoms with E-state index in [1.165, 1.54) is 6.07 Å². The summed E-state index contributed by atoms with van der Waals surface area (Å²) in [5.41, 5.74) is -0.606. The molecule has 0 heterocycles. The van der Waals surface area contributed by atoms with Crippen molar-refractivity contribution in [3.05, 3.63) is 34.9 Å². The Hall–Kier alpha value is -1.80. The largest absolute Gasteiger partial charge is 0.416 e. The molecule has 2 nitrogen and oxygen atoms in total. The van der Waals surface area contributed by atoms with Crippen LogP contribution in [0.2, 0.25) is 0 Å². The molecule has 17 heavy (non-hydrogen) atoms. The normalized spacial score (nSPS) is 10.6. The molecule has 0 aliphatic heterocycles. The van der Waals surface area contributed by atoms with Gasteiger partial charge < -0.3 is 5.32 Å². The molecule has 1 aromatic rings. The van der Waals surface area contributed by atoms with E-state index in [4.69, 9.17) is 0 Å². The van der Waals surface area contributed by atoms with Crippen molar-refractivity contribution in [2.45, 2.75) is 6.18 Å². The first kappa shape index (κ1) is 13.3. The topological polar surface area (TPSA) is 29.1 Å². The van der Waals surface area contributed by atoms with Gasteiger partial charge in [0.05, 0.1) is 12.1 Å². The molecule has 0 spiro atoms. The monoisotopic (exact) mass is 241 g/mol. The van der Waals surface area contributed by atoms with Crippen LogP contribution in [0, 0.1) is 11.8 Å². The number of alkyl halides is 3. The first-order valence-corrected chi connectivity index (χ1v) is 4.79. The zero-order valence-corrected chi connectivity index (χ0v) is 9.06. The summed E-state index contributed by atoms with van der Waals surface area (Å²) in [6.07, 6.45) is -4.08. The first-order chi connectivity index (χ1) is 7.99. The molecule has 90 valence electrons. The fraction of sp³-hybridized carbons (Fsp3) is 0.250. The van der Waals surface area contributed by atoms with Gasteiger partial charge >= 0.3 is 6.18 Å². The first-order valence-electron chi connectivity index (χ1n) is 4.79. The van der Waals surface area contributed by atoms with E-state index in [1.54, 1.807) is 7.05 Å². The Morgan fingerprint density at radius 2 is 2.12 bits per heavy atom. The van der Waals surface area contributed by atoms with Crippen LogP contribution in [0.5, 0.6) is 0 Å². The smallest absolute Gasteiger partial charge is 0.309 e. The lowest BCUT2D eigenvalue weighted by Gasteiger charge is -2.07. The zero-order chi connectivity index (χ0) is 12.9. The number of aldehydes is 1. The molecule has 1 rings (SSSR count). The van der Waals surface area contributed by atoms with Crippen LogP contribution in [-0.4, -0.2) is 19.9 Å². The third kappa shape index (κ3) is 3.61. The van der Waals surface area contributed by atoms with E-state index in [0.29, 0.717) is 18.4 Å². The minimum absolute atomic E-state index is 0.0524. The molecule has 0 saturated carbocycles. The number of carbonyl (C=O) groups is 1. The molecule has 0 amide bonds. The summed E-state index contributed by atoms with van der Waals surface area (Å²) in [6.45, 7) is 0.402. The van der Waals surface area contributed by atoms with Gasteiger partial charge in [0, 0.05) is 11.1 Å². The van der Waals surface area contributed by atoms with Gasteiger partial charge in [0.15, 0.2) is 6.29 Å². The lowest BCUT2D eigenvalue weighted by Crippen LogP contribution is -2.06. The van der Waals surface area contributed by atoms with Crippen LogP contribution in [0.1, 0.15) is 21.5 Å². The highest BCUT2D eigenvalue weighted by Gasteiger charge is 2.30. The Balaban J connectivity index is 3.12. The number of benzene rings is 1. The Morgan fingerprint density at radius 3 is 2.65 bits per heavy atom. The Morgan fingerprint density at radius 1 is 1.41 bits per heavy atom. The van der Waals surface area contributed by atoms with Gasteiger partial charge in [0.2, 0.25) is 0 Å². The van der Waals surface area contributed by atoms with Gasteiger partial charge in [-0.25, -0.2) is 0 Å². The van der Waals surface area contributed by atoms with E-state index in [2.05, 4.69) is 17.2 Å². The molecule has 0 saturated heterocycles. The summed E-state index contributed by atoms with van der Waals surface area (Å²) in [7, 11) is 1.70. The maximum Gasteiger partial charge on any atom is 0.416 e. The molecule has 0 fully saturated rings. The van der Waals surface area contributed by atoms with Crippen molar-refractivity contribution in [2.75, 3.05) is 13.6 Å². The van der Waals surface area contributed by atoms with Crippen LogP contribution in [0.25, 0.3) is 0 Å². The molecule has 0 radical (unpaired) electrons. The maximum atomic E-state index is 12.4. The summed E-state index contributed by atoms with van der Waals surface area (Å²) in [5.74, 6) is 5.32. The van der Waals surface area contributed by atoms with Crippen molar-refractivity contribution in [1.82, 2.24) is 5.32 Å². The third-order valence-electron chi connectivity index (χ3n) is 1.99. The molecule has 0 bridgehead atoms. The number of halogens is 3.